The third kappa shape index (κ3) is 12.6. The van der Waals surface area contributed by atoms with Gasteiger partial charge in [0.05, 0.1) is 30.5 Å². The maximum Gasteiger partial charge on any atom is 0.323 e. The molecule has 6 saturated carbocycles. The first-order chi connectivity index (χ1) is 26.5. The number of amides is 2. The molecule has 0 aromatic rings. The Labute approximate surface area is 324 Å². The van der Waals surface area contributed by atoms with Gasteiger partial charge in [-0.15, -0.1) is 0 Å². The van der Waals surface area contributed by atoms with Crippen LogP contribution >= 0.6 is 0 Å². The molecular formula is C44H68N6O4. The van der Waals surface area contributed by atoms with E-state index >= 15 is 0 Å². The zero-order valence-corrected chi connectivity index (χ0v) is 33.0. The van der Waals surface area contributed by atoms with Crippen LogP contribution in [0.5, 0.6) is 0 Å². The molecule has 10 heteroatoms. The van der Waals surface area contributed by atoms with Gasteiger partial charge in [-0.25, -0.2) is 34.2 Å². The number of urea groups is 1. The van der Waals surface area contributed by atoms with Gasteiger partial charge >= 0.3 is 6.03 Å². The summed E-state index contributed by atoms with van der Waals surface area (Å²) in [4.78, 5) is 65.2. The Bertz CT molecular complexity index is 1320. The molecule has 298 valence electrons. The Kier molecular flexibility index (Phi) is 16.1. The third-order valence-electron chi connectivity index (χ3n) is 15.0. The minimum absolute atomic E-state index is 0.0527. The molecule has 0 spiro atoms. The summed E-state index contributed by atoms with van der Waals surface area (Å²) in [5.74, 6) is 4.44. The largest absolute Gasteiger partial charge is 0.335 e. The van der Waals surface area contributed by atoms with Crippen LogP contribution in [0.4, 0.5) is 4.79 Å². The smallest absolute Gasteiger partial charge is 0.323 e. The quantitative estimate of drug-likeness (QED) is 0.114. The molecule has 2 amide bonds. The second-order valence-corrected chi connectivity index (χ2v) is 18.6. The number of isocyanates is 3. The van der Waals surface area contributed by atoms with Gasteiger partial charge in [0.15, 0.2) is 0 Å². The van der Waals surface area contributed by atoms with E-state index in [1.54, 1.807) is 18.2 Å². The molecule has 6 aliphatic rings. The van der Waals surface area contributed by atoms with Crippen molar-refractivity contribution >= 4 is 30.6 Å². The summed E-state index contributed by atoms with van der Waals surface area (Å²) in [6, 6.07) is 1.33. The van der Waals surface area contributed by atoms with Crippen molar-refractivity contribution in [3.05, 3.63) is 0 Å². The average Bonchev–Trinajstić information content (AvgIpc) is 3.19. The molecule has 1 N–H and O–H groups in total. The average molecular weight is 745 g/mol. The lowest BCUT2D eigenvalue weighted by molar-refractivity contribution is 0.163. The maximum absolute atomic E-state index is 14.1. The number of nitrogens with one attached hydrogen (secondary N) is 1. The first kappa shape index (κ1) is 40.7. The second-order valence-electron chi connectivity index (χ2n) is 18.6. The van der Waals surface area contributed by atoms with Crippen molar-refractivity contribution in [2.75, 3.05) is 0 Å². The Balaban J connectivity index is 0.978. The summed E-state index contributed by atoms with van der Waals surface area (Å²) >= 11 is 0. The van der Waals surface area contributed by atoms with Gasteiger partial charge in [0, 0.05) is 12.1 Å². The third-order valence-corrected chi connectivity index (χ3v) is 15.0. The van der Waals surface area contributed by atoms with Crippen LogP contribution in [0, 0.1) is 35.5 Å². The van der Waals surface area contributed by atoms with Gasteiger partial charge in [-0.2, -0.15) is 0 Å². The van der Waals surface area contributed by atoms with Crippen molar-refractivity contribution in [2.45, 2.75) is 210 Å². The summed E-state index contributed by atoms with van der Waals surface area (Å²) in [7, 11) is 0. The van der Waals surface area contributed by atoms with Gasteiger partial charge in [0.25, 0.3) is 0 Å². The summed E-state index contributed by atoms with van der Waals surface area (Å²) in [5, 5.41) is 3.49. The number of aliphatic imine (C=N–C) groups is 4. The molecule has 6 rings (SSSR count). The molecule has 6 aliphatic carbocycles. The normalized spacial score (nSPS) is 37.6. The highest BCUT2D eigenvalue weighted by molar-refractivity contribution is 5.87. The molecule has 0 aliphatic heterocycles. The van der Waals surface area contributed by atoms with Gasteiger partial charge in [0.1, 0.15) is 0 Å². The van der Waals surface area contributed by atoms with Crippen molar-refractivity contribution in [3.8, 4) is 0 Å². The number of rotatable bonds is 13. The Morgan fingerprint density at radius 3 is 1.13 bits per heavy atom. The molecule has 0 radical (unpaired) electrons. The first-order valence-corrected chi connectivity index (χ1v) is 22.3. The zero-order valence-electron chi connectivity index (χ0n) is 33.0. The molecule has 10 nitrogen and oxygen atoms in total. The van der Waals surface area contributed by atoms with Crippen LogP contribution in [0.15, 0.2) is 20.0 Å². The fraction of sp³-hybridized carbons (Fsp3) is 0.886. The minimum atomic E-state index is 0.0527. The topological polar surface area (TPSA) is 133 Å². The molecular weight excluding hydrogens is 677 g/mol. The summed E-state index contributed by atoms with van der Waals surface area (Å²) in [5.41, 5.74) is 0. The fourth-order valence-electron chi connectivity index (χ4n) is 11.6. The van der Waals surface area contributed by atoms with Crippen LogP contribution in [0.3, 0.4) is 0 Å². The second kappa shape index (κ2) is 21.4. The van der Waals surface area contributed by atoms with Gasteiger partial charge < -0.3 is 5.32 Å². The van der Waals surface area contributed by atoms with Crippen molar-refractivity contribution < 1.29 is 19.2 Å². The summed E-state index contributed by atoms with van der Waals surface area (Å²) < 4.78 is 0. The predicted octanol–water partition coefficient (Wildman–Crippen LogP) is 9.56. The van der Waals surface area contributed by atoms with E-state index in [-0.39, 0.29) is 36.2 Å². The number of carbonyl (C=O) groups excluding carboxylic acids is 4. The summed E-state index contributed by atoms with van der Waals surface area (Å²) in [6.07, 6.45) is 37.7. The van der Waals surface area contributed by atoms with Gasteiger partial charge in [0.2, 0.25) is 18.2 Å². The fourth-order valence-corrected chi connectivity index (χ4v) is 11.6. The van der Waals surface area contributed by atoms with Crippen molar-refractivity contribution in [1.82, 2.24) is 10.2 Å². The lowest BCUT2D eigenvalue weighted by Gasteiger charge is -2.38. The van der Waals surface area contributed by atoms with Crippen LogP contribution in [0.2, 0.25) is 0 Å². The van der Waals surface area contributed by atoms with E-state index in [0.717, 1.165) is 132 Å². The number of hydrogen-bond acceptors (Lipinski definition) is 8. The van der Waals surface area contributed by atoms with Gasteiger partial charge in [-0.3, -0.25) is 9.89 Å². The molecule has 6 fully saturated rings. The first-order valence-electron chi connectivity index (χ1n) is 22.3. The molecule has 0 aromatic heterocycles. The lowest BCUT2D eigenvalue weighted by atomic mass is 9.75. The Hall–Kier alpha value is -2.92. The van der Waals surface area contributed by atoms with E-state index in [1.807, 2.05) is 11.2 Å². The van der Waals surface area contributed by atoms with Crippen LogP contribution in [-0.4, -0.2) is 71.8 Å². The van der Waals surface area contributed by atoms with Crippen LogP contribution < -0.4 is 5.32 Å². The molecule has 0 heterocycles. The standard InChI is InChI=1S/C44H68N6O4/c51-29-46-39-15-3-33(4-16-39)25-32-1-13-38(14-2-32)45-28-50(43-23-11-37(12-24-43)27-35-7-19-41(20-8-35)48-31-53)44(54)49-42-21-9-36(10-22-42)26-34-5-17-40(18-6-34)47-30-52/h28,32-43H,1-27H2,(H,49,54). The highest BCUT2D eigenvalue weighted by Crippen LogP contribution is 2.40. The van der Waals surface area contributed by atoms with Gasteiger partial charge in [-0.1, -0.05) is 0 Å². The molecule has 54 heavy (non-hydrogen) atoms. The highest BCUT2D eigenvalue weighted by atomic mass is 16.2. The number of hydrogen-bond donors (Lipinski definition) is 1. The van der Waals surface area contributed by atoms with Gasteiger partial charge in [-0.05, 0) is 209 Å². The lowest BCUT2D eigenvalue weighted by Crippen LogP contribution is -2.50. The van der Waals surface area contributed by atoms with E-state index in [1.165, 1.54) is 70.6 Å². The van der Waals surface area contributed by atoms with Crippen molar-refractivity contribution in [3.63, 3.8) is 0 Å². The number of nitrogens with zero attached hydrogens (tertiary/aromatic N) is 5. The van der Waals surface area contributed by atoms with Crippen LogP contribution in [-0.2, 0) is 14.4 Å². The molecule has 0 aromatic carbocycles. The van der Waals surface area contributed by atoms with E-state index in [0.29, 0.717) is 12.0 Å². The molecule has 0 atom stereocenters. The summed E-state index contributed by atoms with van der Waals surface area (Å²) in [6.45, 7) is 0. The van der Waals surface area contributed by atoms with Crippen LogP contribution in [0.25, 0.3) is 0 Å². The monoisotopic (exact) mass is 745 g/mol. The van der Waals surface area contributed by atoms with E-state index < -0.39 is 0 Å². The van der Waals surface area contributed by atoms with Crippen molar-refractivity contribution in [2.24, 2.45) is 55.5 Å². The zero-order chi connectivity index (χ0) is 37.5. The minimum Gasteiger partial charge on any atom is -0.335 e. The highest BCUT2D eigenvalue weighted by Gasteiger charge is 2.34. The van der Waals surface area contributed by atoms with Crippen molar-refractivity contribution in [1.29, 1.82) is 0 Å². The van der Waals surface area contributed by atoms with E-state index in [2.05, 4.69) is 20.3 Å². The predicted molar refractivity (Wildman–Crippen MR) is 212 cm³/mol. The van der Waals surface area contributed by atoms with E-state index in [4.69, 9.17) is 4.99 Å². The maximum atomic E-state index is 14.1. The SMILES string of the molecule is O=C=NC1CCC(CC2CCC(N=CN(C(=O)NC3CCC(CC4CCC(N=C=O)CC4)CC3)C3CCC(CC4CCC(N=C=O)CC4)CC3)CC2)CC1. The molecule has 0 bridgehead atoms. The van der Waals surface area contributed by atoms with Crippen LogP contribution in [0.1, 0.15) is 173 Å². The Morgan fingerprint density at radius 2 is 0.778 bits per heavy atom. The molecule has 0 saturated heterocycles. The Morgan fingerprint density at radius 1 is 0.463 bits per heavy atom. The number of carbonyl (C=O) groups is 1. The molecule has 0 unspecified atom stereocenters. The van der Waals surface area contributed by atoms with E-state index in [9.17, 15) is 19.2 Å².